The van der Waals surface area contributed by atoms with E-state index in [0.717, 1.165) is 35.4 Å². The molecule has 0 radical (unpaired) electrons. The molecule has 0 bridgehead atoms. The van der Waals surface area contributed by atoms with Crippen LogP contribution in [0.2, 0.25) is 0 Å². The van der Waals surface area contributed by atoms with Gasteiger partial charge < -0.3 is 10.1 Å². The quantitative estimate of drug-likeness (QED) is 0.558. The minimum Gasteiger partial charge on any atom is -0.449 e. The topological polar surface area (TPSA) is 73.2 Å². The molecule has 1 aromatic carbocycles. The molecule has 1 N–H and O–H groups in total. The Morgan fingerprint density at radius 3 is 2.50 bits per heavy atom. The van der Waals surface area contributed by atoms with Crippen molar-refractivity contribution in [2.45, 2.75) is 52.7 Å². The number of benzene rings is 1. The van der Waals surface area contributed by atoms with Gasteiger partial charge in [0.1, 0.15) is 0 Å². The lowest BCUT2D eigenvalue weighted by Gasteiger charge is -2.21. The Kier molecular flexibility index (Phi) is 7.55. The average molecular weight is 383 g/mol. The summed E-state index contributed by atoms with van der Waals surface area (Å²) in [6, 6.07) is 9.70. The van der Waals surface area contributed by atoms with Crippen molar-refractivity contribution in [3.8, 4) is 0 Å². The van der Waals surface area contributed by atoms with E-state index >= 15 is 0 Å². The van der Waals surface area contributed by atoms with Crippen LogP contribution >= 0.6 is 0 Å². The fourth-order valence-corrected chi connectivity index (χ4v) is 3.03. The van der Waals surface area contributed by atoms with Gasteiger partial charge in [0.15, 0.2) is 6.10 Å². The standard InChI is InChI=1S/C22H29N3O3/c1-6-10-20(18-11-8-7-9-12-18)23-22(27)17(4)28-21(26)14-13-19-15(2)24-25(5)16(19)3/h7-9,11-14,17,20H,6,10H2,1-5H3,(H,23,27)/b14-13+/t17-,20+/m0/s1. The number of amides is 1. The number of aryl methyl sites for hydroxylation is 2. The van der Waals surface area contributed by atoms with Crippen LogP contribution in [0.15, 0.2) is 36.4 Å². The van der Waals surface area contributed by atoms with E-state index in [0.29, 0.717) is 0 Å². The van der Waals surface area contributed by atoms with Crippen molar-refractivity contribution in [1.29, 1.82) is 0 Å². The van der Waals surface area contributed by atoms with Gasteiger partial charge in [-0.1, -0.05) is 43.7 Å². The van der Waals surface area contributed by atoms with E-state index in [1.165, 1.54) is 6.08 Å². The van der Waals surface area contributed by atoms with Crippen molar-refractivity contribution in [1.82, 2.24) is 15.1 Å². The van der Waals surface area contributed by atoms with Crippen molar-refractivity contribution < 1.29 is 14.3 Å². The summed E-state index contributed by atoms with van der Waals surface area (Å²) in [6.07, 6.45) is 3.88. The number of carbonyl (C=O) groups is 2. The monoisotopic (exact) mass is 383 g/mol. The minimum absolute atomic E-state index is 0.101. The summed E-state index contributed by atoms with van der Waals surface area (Å²) in [6.45, 7) is 7.46. The van der Waals surface area contributed by atoms with Crippen molar-refractivity contribution in [2.75, 3.05) is 0 Å². The molecule has 2 atom stereocenters. The van der Waals surface area contributed by atoms with Crippen LogP contribution in [-0.4, -0.2) is 27.8 Å². The molecule has 6 nitrogen and oxygen atoms in total. The Labute approximate surface area is 166 Å². The van der Waals surface area contributed by atoms with Crippen LogP contribution in [0.5, 0.6) is 0 Å². The molecule has 150 valence electrons. The molecule has 1 aromatic heterocycles. The first kappa shape index (κ1) is 21.4. The Balaban J connectivity index is 1.97. The summed E-state index contributed by atoms with van der Waals surface area (Å²) < 4.78 is 7.03. The van der Waals surface area contributed by atoms with E-state index < -0.39 is 12.1 Å². The highest BCUT2D eigenvalue weighted by Gasteiger charge is 2.21. The molecule has 0 spiro atoms. The highest BCUT2D eigenvalue weighted by molar-refractivity contribution is 5.90. The fraction of sp³-hybridized carbons (Fsp3) is 0.409. The molecule has 0 saturated carbocycles. The summed E-state index contributed by atoms with van der Waals surface area (Å²) in [5.41, 5.74) is 3.71. The summed E-state index contributed by atoms with van der Waals surface area (Å²) in [5, 5.41) is 7.29. The number of hydrogen-bond donors (Lipinski definition) is 1. The first-order chi connectivity index (χ1) is 13.3. The van der Waals surface area contributed by atoms with E-state index in [2.05, 4.69) is 17.3 Å². The molecular weight excluding hydrogens is 354 g/mol. The third-order valence-corrected chi connectivity index (χ3v) is 4.71. The number of aromatic nitrogens is 2. The van der Waals surface area contributed by atoms with Gasteiger partial charge in [-0.25, -0.2) is 4.79 Å². The van der Waals surface area contributed by atoms with Gasteiger partial charge >= 0.3 is 5.97 Å². The molecule has 1 heterocycles. The Morgan fingerprint density at radius 2 is 1.93 bits per heavy atom. The zero-order valence-electron chi connectivity index (χ0n) is 17.2. The number of carbonyl (C=O) groups excluding carboxylic acids is 2. The largest absolute Gasteiger partial charge is 0.449 e. The van der Waals surface area contributed by atoms with E-state index in [-0.39, 0.29) is 11.9 Å². The number of rotatable bonds is 8. The van der Waals surface area contributed by atoms with Gasteiger partial charge in [-0.05, 0) is 38.8 Å². The molecule has 2 rings (SSSR count). The summed E-state index contributed by atoms with van der Waals surface area (Å²) >= 11 is 0. The van der Waals surface area contributed by atoms with Crippen molar-refractivity contribution in [3.63, 3.8) is 0 Å². The zero-order chi connectivity index (χ0) is 20.7. The Hall–Kier alpha value is -2.89. The number of esters is 1. The third kappa shape index (κ3) is 5.55. The van der Waals surface area contributed by atoms with Gasteiger partial charge in [0, 0.05) is 24.4 Å². The number of nitrogens with zero attached hydrogens (tertiary/aromatic N) is 2. The van der Waals surface area contributed by atoms with Crippen LogP contribution in [0.1, 0.15) is 55.2 Å². The van der Waals surface area contributed by atoms with Gasteiger partial charge in [0.2, 0.25) is 0 Å². The van der Waals surface area contributed by atoms with Crippen LogP contribution in [0.4, 0.5) is 0 Å². The molecule has 1 amide bonds. The SMILES string of the molecule is CCC[C@@H](NC(=O)[C@H](C)OC(=O)/C=C/c1c(C)nn(C)c1C)c1ccccc1. The van der Waals surface area contributed by atoms with Crippen molar-refractivity contribution in [2.24, 2.45) is 7.05 Å². The molecule has 2 aromatic rings. The number of nitrogens with one attached hydrogen (secondary N) is 1. The van der Waals surface area contributed by atoms with Gasteiger partial charge in [0.05, 0.1) is 11.7 Å². The van der Waals surface area contributed by atoms with Crippen LogP contribution in [0.25, 0.3) is 6.08 Å². The minimum atomic E-state index is -0.878. The molecule has 6 heteroatoms. The highest BCUT2D eigenvalue weighted by Crippen LogP contribution is 2.18. The van der Waals surface area contributed by atoms with Gasteiger partial charge in [-0.15, -0.1) is 0 Å². The zero-order valence-corrected chi connectivity index (χ0v) is 17.2. The van der Waals surface area contributed by atoms with Gasteiger partial charge in [0.25, 0.3) is 5.91 Å². The van der Waals surface area contributed by atoms with E-state index in [1.807, 2.05) is 51.2 Å². The lowest BCUT2D eigenvalue weighted by molar-refractivity contribution is -0.150. The summed E-state index contributed by atoms with van der Waals surface area (Å²) in [5.74, 6) is -0.866. The Morgan fingerprint density at radius 1 is 1.25 bits per heavy atom. The first-order valence-electron chi connectivity index (χ1n) is 9.57. The maximum Gasteiger partial charge on any atom is 0.331 e. The van der Waals surface area contributed by atoms with Crippen molar-refractivity contribution >= 4 is 18.0 Å². The lowest BCUT2D eigenvalue weighted by Crippen LogP contribution is -2.38. The Bertz CT molecular complexity index is 840. The fourth-order valence-electron chi connectivity index (χ4n) is 3.03. The molecule has 28 heavy (non-hydrogen) atoms. The second kappa shape index (κ2) is 9.88. The average Bonchev–Trinajstić information content (AvgIpc) is 2.91. The van der Waals surface area contributed by atoms with Crippen LogP contribution in [-0.2, 0) is 21.4 Å². The molecule has 0 saturated heterocycles. The number of ether oxygens (including phenoxy) is 1. The smallest absolute Gasteiger partial charge is 0.331 e. The summed E-state index contributed by atoms with van der Waals surface area (Å²) in [4.78, 5) is 24.6. The second-order valence-corrected chi connectivity index (χ2v) is 6.88. The predicted octanol–water partition coefficient (Wildman–Crippen LogP) is 3.64. The van der Waals surface area contributed by atoms with Gasteiger partial charge in [-0.3, -0.25) is 9.48 Å². The van der Waals surface area contributed by atoms with Crippen LogP contribution in [0.3, 0.4) is 0 Å². The molecule has 0 aliphatic carbocycles. The molecular formula is C22H29N3O3. The maximum absolute atomic E-state index is 12.5. The first-order valence-corrected chi connectivity index (χ1v) is 9.57. The highest BCUT2D eigenvalue weighted by atomic mass is 16.5. The number of hydrogen-bond acceptors (Lipinski definition) is 4. The summed E-state index contributed by atoms with van der Waals surface area (Å²) in [7, 11) is 1.85. The third-order valence-electron chi connectivity index (χ3n) is 4.71. The lowest BCUT2D eigenvalue weighted by atomic mass is 10.0. The normalized spacial score (nSPS) is 13.3. The second-order valence-electron chi connectivity index (χ2n) is 6.88. The predicted molar refractivity (Wildman–Crippen MR) is 110 cm³/mol. The van der Waals surface area contributed by atoms with E-state index in [1.54, 1.807) is 17.7 Å². The van der Waals surface area contributed by atoms with E-state index in [4.69, 9.17) is 4.74 Å². The van der Waals surface area contributed by atoms with Gasteiger partial charge in [-0.2, -0.15) is 5.10 Å². The molecule has 0 aliphatic rings. The molecule has 0 fully saturated rings. The molecule has 0 unspecified atom stereocenters. The molecule has 0 aliphatic heterocycles. The van der Waals surface area contributed by atoms with Crippen molar-refractivity contribution in [3.05, 3.63) is 58.9 Å². The van der Waals surface area contributed by atoms with E-state index in [9.17, 15) is 9.59 Å². The van der Waals surface area contributed by atoms with Crippen LogP contribution < -0.4 is 5.32 Å². The van der Waals surface area contributed by atoms with Crippen LogP contribution in [0, 0.1) is 13.8 Å². The maximum atomic E-state index is 12.5.